The number of carbonyl (C=O) groups excluding carboxylic acids is 4. The number of ether oxygens (including phenoxy) is 4. The minimum absolute atomic E-state index is 0.0554. The molecule has 0 saturated carbocycles. The number of rotatable bonds is 5. The van der Waals surface area contributed by atoms with E-state index in [9.17, 15) is 19.2 Å². The van der Waals surface area contributed by atoms with Gasteiger partial charge in [0, 0.05) is 18.5 Å². The number of esters is 1. The van der Waals surface area contributed by atoms with Gasteiger partial charge in [0.1, 0.15) is 28.9 Å². The van der Waals surface area contributed by atoms with Gasteiger partial charge in [-0.3, -0.25) is 20.5 Å². The highest BCUT2D eigenvalue weighted by molar-refractivity contribution is 6.01. The number of hydrogen-bond acceptors (Lipinski definition) is 9. The molecule has 1 aromatic rings. The second-order valence-corrected chi connectivity index (χ2v) is 14.0. The molecule has 12 nitrogen and oxygen atoms in total. The maximum Gasteiger partial charge on any atom is 0.414 e. The third-order valence-electron chi connectivity index (χ3n) is 6.69. The summed E-state index contributed by atoms with van der Waals surface area (Å²) < 4.78 is 22.1. The van der Waals surface area contributed by atoms with Crippen LogP contribution in [0.4, 0.5) is 14.4 Å². The number of nitrogens with zero attached hydrogens (tertiary/aromatic N) is 2. The Hall–Kier alpha value is -3.83. The Morgan fingerprint density at radius 2 is 1.40 bits per heavy atom. The van der Waals surface area contributed by atoms with Crippen molar-refractivity contribution in [3.8, 4) is 0 Å². The molecule has 2 fully saturated rings. The van der Waals surface area contributed by atoms with Crippen molar-refractivity contribution in [1.82, 2.24) is 15.5 Å². The normalized spacial score (nSPS) is 21.5. The first kappa shape index (κ1) is 33.7. The van der Waals surface area contributed by atoms with E-state index in [2.05, 4.69) is 15.6 Å². The quantitative estimate of drug-likeness (QED) is 0.200. The molecule has 0 aliphatic carbocycles. The monoisotopic (exact) mass is 602 g/mol. The smallest absolute Gasteiger partial charge is 0.414 e. The highest BCUT2D eigenvalue weighted by atomic mass is 16.6. The van der Waals surface area contributed by atoms with Gasteiger partial charge in [0.15, 0.2) is 0 Å². The predicted molar refractivity (Wildman–Crippen MR) is 159 cm³/mol. The van der Waals surface area contributed by atoms with Crippen LogP contribution in [0.1, 0.15) is 87.1 Å². The molecular formula is C31H46N4O8. The summed E-state index contributed by atoms with van der Waals surface area (Å²) in [5.41, 5.74) is -2.73. The summed E-state index contributed by atoms with van der Waals surface area (Å²) in [5, 5.41) is 4.95. The van der Waals surface area contributed by atoms with E-state index in [1.807, 2.05) is 30.3 Å². The Kier molecular flexibility index (Phi) is 10.0. The van der Waals surface area contributed by atoms with Crippen molar-refractivity contribution >= 4 is 30.2 Å². The first-order valence-electron chi connectivity index (χ1n) is 14.6. The van der Waals surface area contributed by atoms with E-state index in [4.69, 9.17) is 18.9 Å². The van der Waals surface area contributed by atoms with Gasteiger partial charge in [-0.1, -0.05) is 30.3 Å². The molecule has 3 atom stereocenters. The Balaban J connectivity index is 1.85. The lowest BCUT2D eigenvalue weighted by Crippen LogP contribution is -2.53. The SMILES string of the molecule is CC(C)(C)OC(=O)NC(=NC[C@H]1C[C@]2(C(=O)OC(C)(C)C)CC[C@H]1N2C(=O)OCc1ccccc1)NC(=O)OC(C)(C)C. The van der Waals surface area contributed by atoms with E-state index in [1.165, 1.54) is 4.90 Å². The third-order valence-corrected chi connectivity index (χ3v) is 6.69. The molecule has 2 heterocycles. The van der Waals surface area contributed by atoms with Gasteiger partial charge in [0.2, 0.25) is 5.96 Å². The second-order valence-electron chi connectivity index (χ2n) is 14.0. The molecule has 12 heteroatoms. The molecule has 3 amide bonds. The number of carbonyl (C=O) groups is 4. The van der Waals surface area contributed by atoms with Gasteiger partial charge in [-0.15, -0.1) is 0 Å². The van der Waals surface area contributed by atoms with Crippen molar-refractivity contribution < 1.29 is 38.1 Å². The largest absolute Gasteiger partial charge is 0.458 e. The highest BCUT2D eigenvalue weighted by Gasteiger charge is 2.64. The average Bonchev–Trinajstić information content (AvgIpc) is 3.38. The fourth-order valence-electron chi connectivity index (χ4n) is 5.23. The molecule has 238 valence electrons. The summed E-state index contributed by atoms with van der Waals surface area (Å²) in [7, 11) is 0. The third kappa shape index (κ3) is 9.59. The maximum atomic E-state index is 13.6. The van der Waals surface area contributed by atoms with Crippen LogP contribution in [0.5, 0.6) is 0 Å². The molecule has 0 spiro atoms. The summed E-state index contributed by atoms with van der Waals surface area (Å²) >= 11 is 0. The molecule has 0 aromatic heterocycles. The van der Waals surface area contributed by atoms with E-state index in [-0.39, 0.29) is 37.5 Å². The molecule has 1 aromatic carbocycles. The summed E-state index contributed by atoms with van der Waals surface area (Å²) in [4.78, 5) is 58.2. The minimum Gasteiger partial charge on any atom is -0.458 e. The van der Waals surface area contributed by atoms with Gasteiger partial charge in [-0.25, -0.2) is 19.2 Å². The fraction of sp³-hybridized carbons (Fsp3) is 0.645. The molecule has 43 heavy (non-hydrogen) atoms. The summed E-state index contributed by atoms with van der Waals surface area (Å²) in [5.74, 6) is -0.957. The van der Waals surface area contributed by atoms with Gasteiger partial charge in [-0.2, -0.15) is 0 Å². The van der Waals surface area contributed by atoms with Crippen LogP contribution in [0.25, 0.3) is 0 Å². The van der Waals surface area contributed by atoms with Crippen molar-refractivity contribution in [1.29, 1.82) is 0 Å². The Bertz CT molecular complexity index is 1180. The molecule has 2 bridgehead atoms. The number of aliphatic imine (C=N–C) groups is 1. The standard InChI is InChI=1S/C31H46N4O8/c1-28(2,3)41-23(36)31-16-15-22(35(31)27(39)40-19-20-13-11-10-12-14-20)21(17-31)18-32-24(33-25(37)42-29(4,5)6)34-26(38)43-30(7,8)9/h10-14,21-22H,15-19H2,1-9H3,(H2,32,33,34,37,38)/t21-,22-,31+/m1/s1. The lowest BCUT2D eigenvalue weighted by atomic mass is 9.81. The number of hydrogen-bond donors (Lipinski definition) is 2. The van der Waals surface area contributed by atoms with Crippen LogP contribution in [0.15, 0.2) is 35.3 Å². The van der Waals surface area contributed by atoms with Crippen LogP contribution in [0, 0.1) is 5.92 Å². The van der Waals surface area contributed by atoms with Crippen LogP contribution in [0.2, 0.25) is 0 Å². The summed E-state index contributed by atoms with van der Waals surface area (Å²) in [6.07, 6.45) is -0.996. The van der Waals surface area contributed by atoms with E-state index >= 15 is 0 Å². The molecule has 0 unspecified atom stereocenters. The van der Waals surface area contributed by atoms with Crippen LogP contribution < -0.4 is 10.6 Å². The van der Waals surface area contributed by atoms with Crippen molar-refractivity contribution in [2.75, 3.05) is 6.54 Å². The zero-order chi connectivity index (χ0) is 32.2. The molecule has 2 N–H and O–H groups in total. The lowest BCUT2D eigenvalue weighted by Gasteiger charge is -2.34. The Labute approximate surface area is 253 Å². The van der Waals surface area contributed by atoms with E-state index in [1.54, 1.807) is 62.3 Å². The topological polar surface area (TPSA) is 145 Å². The summed E-state index contributed by atoms with van der Waals surface area (Å²) in [6, 6.07) is 8.91. The van der Waals surface area contributed by atoms with Crippen molar-refractivity contribution in [3.05, 3.63) is 35.9 Å². The molecule has 0 radical (unpaired) electrons. The number of fused-ring (bicyclic) bond motifs is 2. The van der Waals surface area contributed by atoms with Crippen LogP contribution in [-0.2, 0) is 30.3 Å². The predicted octanol–water partition coefficient (Wildman–Crippen LogP) is 5.29. The van der Waals surface area contributed by atoms with Crippen molar-refractivity contribution in [2.45, 2.75) is 117 Å². The van der Waals surface area contributed by atoms with E-state index in [0.717, 1.165) is 5.56 Å². The summed E-state index contributed by atoms with van der Waals surface area (Å²) in [6.45, 7) is 15.7. The zero-order valence-corrected chi connectivity index (χ0v) is 26.7. The number of alkyl carbamates (subject to hydrolysis) is 2. The Morgan fingerprint density at radius 3 is 1.91 bits per heavy atom. The highest BCUT2D eigenvalue weighted by Crippen LogP contribution is 2.51. The average molecular weight is 603 g/mol. The Morgan fingerprint density at radius 1 is 0.860 bits per heavy atom. The number of benzene rings is 1. The molecule has 2 aliphatic rings. The fourth-order valence-corrected chi connectivity index (χ4v) is 5.23. The number of nitrogens with one attached hydrogen (secondary N) is 2. The number of guanidine groups is 1. The van der Waals surface area contributed by atoms with Gasteiger partial charge in [0.05, 0.1) is 0 Å². The van der Waals surface area contributed by atoms with Crippen molar-refractivity contribution in [2.24, 2.45) is 10.9 Å². The van der Waals surface area contributed by atoms with Crippen LogP contribution in [-0.4, -0.2) is 70.0 Å². The molecule has 3 rings (SSSR count). The van der Waals surface area contributed by atoms with Crippen molar-refractivity contribution in [3.63, 3.8) is 0 Å². The second kappa shape index (κ2) is 12.8. The molecule has 2 saturated heterocycles. The van der Waals surface area contributed by atoms with Gasteiger partial charge < -0.3 is 18.9 Å². The van der Waals surface area contributed by atoms with Crippen LogP contribution in [0.3, 0.4) is 0 Å². The van der Waals surface area contributed by atoms with Gasteiger partial charge >= 0.3 is 24.2 Å². The van der Waals surface area contributed by atoms with E-state index in [0.29, 0.717) is 12.8 Å². The first-order valence-corrected chi connectivity index (χ1v) is 14.6. The molecular weight excluding hydrogens is 556 g/mol. The first-order chi connectivity index (χ1) is 19.8. The maximum absolute atomic E-state index is 13.6. The van der Waals surface area contributed by atoms with Crippen LogP contribution >= 0.6 is 0 Å². The number of amides is 3. The zero-order valence-electron chi connectivity index (χ0n) is 26.7. The van der Waals surface area contributed by atoms with Gasteiger partial charge in [-0.05, 0) is 87.1 Å². The van der Waals surface area contributed by atoms with E-state index < -0.39 is 46.6 Å². The lowest BCUT2D eigenvalue weighted by molar-refractivity contribution is -0.166. The minimum atomic E-state index is -1.22. The van der Waals surface area contributed by atoms with Gasteiger partial charge in [0.25, 0.3) is 0 Å². The molecule has 2 aliphatic heterocycles.